The Morgan fingerprint density at radius 2 is 1.72 bits per heavy atom. The van der Waals surface area contributed by atoms with Crippen LogP contribution in [-0.2, 0) is 6.54 Å². The third kappa shape index (κ3) is 3.96. The van der Waals surface area contributed by atoms with Gasteiger partial charge in [0, 0.05) is 22.7 Å². The summed E-state index contributed by atoms with van der Waals surface area (Å²) in [5, 5.41) is 9.76. The highest BCUT2D eigenvalue weighted by atomic mass is 35.5. The van der Waals surface area contributed by atoms with Gasteiger partial charge >= 0.3 is 0 Å². The van der Waals surface area contributed by atoms with Crippen LogP contribution in [0.25, 0.3) is 5.69 Å². The van der Waals surface area contributed by atoms with E-state index in [1.807, 2.05) is 64.6 Å². The number of nitrogens with zero attached hydrogens (tertiary/aromatic N) is 6. The van der Waals surface area contributed by atoms with Crippen molar-refractivity contribution in [3.63, 3.8) is 0 Å². The Balaban J connectivity index is 2.00. The van der Waals surface area contributed by atoms with Crippen molar-refractivity contribution in [1.29, 1.82) is 0 Å². The average molecular weight is 409 g/mol. The Labute approximate surface area is 176 Å². The molecule has 1 aliphatic rings. The number of aromatic nitrogens is 3. The van der Waals surface area contributed by atoms with E-state index >= 15 is 0 Å². The van der Waals surface area contributed by atoms with Crippen LogP contribution in [0.15, 0.2) is 53.5 Å². The molecule has 0 N–H and O–H groups in total. The number of hydrogen-bond donors (Lipinski definition) is 0. The Morgan fingerprint density at radius 3 is 2.41 bits per heavy atom. The lowest BCUT2D eigenvalue weighted by atomic mass is 10.0. The van der Waals surface area contributed by atoms with E-state index in [2.05, 4.69) is 36.7 Å². The molecular weight excluding hydrogens is 384 g/mol. The normalized spacial score (nSPS) is 15.8. The van der Waals surface area contributed by atoms with Gasteiger partial charge in [0.05, 0.1) is 17.9 Å². The maximum atomic E-state index is 6.42. The molecular formula is C22H25ClN6. The average Bonchev–Trinajstić information content (AvgIpc) is 3.02. The van der Waals surface area contributed by atoms with Crippen molar-refractivity contribution in [2.45, 2.75) is 12.6 Å². The van der Waals surface area contributed by atoms with Crippen LogP contribution in [0.1, 0.15) is 28.8 Å². The van der Waals surface area contributed by atoms with Gasteiger partial charge in [-0.2, -0.15) is 0 Å². The second kappa shape index (κ2) is 8.06. The second-order valence-electron chi connectivity index (χ2n) is 7.83. The highest BCUT2D eigenvalue weighted by Crippen LogP contribution is 2.32. The molecule has 1 unspecified atom stereocenters. The number of benzene rings is 2. The first-order valence-electron chi connectivity index (χ1n) is 9.61. The topological polar surface area (TPSA) is 49.6 Å². The van der Waals surface area contributed by atoms with E-state index in [-0.39, 0.29) is 6.04 Å². The lowest BCUT2D eigenvalue weighted by Gasteiger charge is -2.18. The minimum Gasteiger partial charge on any atom is -0.307 e. The molecule has 29 heavy (non-hydrogen) atoms. The minimum absolute atomic E-state index is 0.144. The van der Waals surface area contributed by atoms with E-state index in [0.717, 1.165) is 40.7 Å². The predicted octanol–water partition coefficient (Wildman–Crippen LogP) is 3.44. The van der Waals surface area contributed by atoms with E-state index in [4.69, 9.17) is 16.6 Å². The van der Waals surface area contributed by atoms with Crippen LogP contribution in [-0.4, -0.2) is 65.0 Å². The van der Waals surface area contributed by atoms with Crippen molar-refractivity contribution in [1.82, 2.24) is 24.6 Å². The van der Waals surface area contributed by atoms with Gasteiger partial charge in [-0.25, -0.2) is 0 Å². The van der Waals surface area contributed by atoms with Gasteiger partial charge in [0.15, 0.2) is 11.6 Å². The van der Waals surface area contributed by atoms with Gasteiger partial charge in [0.1, 0.15) is 6.04 Å². The van der Waals surface area contributed by atoms with Crippen LogP contribution in [0.4, 0.5) is 0 Å². The summed E-state index contributed by atoms with van der Waals surface area (Å²) in [5.41, 5.74) is 3.99. The van der Waals surface area contributed by atoms with E-state index < -0.39 is 0 Å². The number of rotatable bonds is 5. The van der Waals surface area contributed by atoms with Crippen molar-refractivity contribution in [3.8, 4) is 5.69 Å². The fourth-order valence-electron chi connectivity index (χ4n) is 3.66. The summed E-state index contributed by atoms with van der Waals surface area (Å²) in [7, 11) is 8.16. The molecule has 2 heterocycles. The fourth-order valence-corrected chi connectivity index (χ4v) is 3.84. The summed E-state index contributed by atoms with van der Waals surface area (Å²) < 4.78 is 2.15. The third-order valence-electron chi connectivity index (χ3n) is 4.84. The molecule has 0 bridgehead atoms. The summed E-state index contributed by atoms with van der Waals surface area (Å²) in [6.07, 6.45) is 0. The van der Waals surface area contributed by atoms with Crippen molar-refractivity contribution in [3.05, 3.63) is 76.3 Å². The first kappa shape index (κ1) is 19.8. The zero-order valence-electron chi connectivity index (χ0n) is 17.2. The molecule has 3 aromatic rings. The van der Waals surface area contributed by atoms with Gasteiger partial charge in [0.2, 0.25) is 0 Å². The van der Waals surface area contributed by atoms with E-state index in [1.165, 1.54) is 0 Å². The molecule has 0 saturated carbocycles. The van der Waals surface area contributed by atoms with Gasteiger partial charge in [-0.05, 0) is 46.4 Å². The summed E-state index contributed by atoms with van der Waals surface area (Å²) in [4.78, 5) is 9.41. The van der Waals surface area contributed by atoms with Crippen molar-refractivity contribution in [2.24, 2.45) is 4.99 Å². The fraction of sp³-hybridized carbons (Fsp3) is 0.318. The quantitative estimate of drug-likeness (QED) is 0.649. The molecule has 1 atom stereocenters. The predicted molar refractivity (Wildman–Crippen MR) is 117 cm³/mol. The first-order valence-corrected chi connectivity index (χ1v) is 9.99. The van der Waals surface area contributed by atoms with Crippen LogP contribution in [0.5, 0.6) is 0 Å². The Kier molecular flexibility index (Phi) is 5.50. The van der Waals surface area contributed by atoms with E-state index in [1.54, 1.807) is 0 Å². The monoisotopic (exact) mass is 408 g/mol. The lowest BCUT2D eigenvalue weighted by Crippen LogP contribution is -2.22. The zero-order valence-corrected chi connectivity index (χ0v) is 17.9. The van der Waals surface area contributed by atoms with Gasteiger partial charge < -0.3 is 9.80 Å². The van der Waals surface area contributed by atoms with E-state index in [0.29, 0.717) is 11.6 Å². The van der Waals surface area contributed by atoms with Crippen LogP contribution in [0.3, 0.4) is 0 Å². The number of aliphatic imine (C=N–C) groups is 1. The Bertz CT molecular complexity index is 1040. The number of fused-ring (bicyclic) bond motifs is 3. The Morgan fingerprint density at radius 1 is 0.966 bits per heavy atom. The standard InChI is InChI=1S/C22H25ClN6/c1-27(2)13-18-22-26-25-20(14-28(3)4)29(22)19-11-10-16(23)12-17(19)21(24-18)15-8-6-5-7-9-15/h5-12,18H,13-14H2,1-4H3. The SMILES string of the molecule is CN(C)Cc1nnc2n1-c1ccc(Cl)cc1C(c1ccccc1)=NC2CN(C)C. The van der Waals surface area contributed by atoms with E-state index in [9.17, 15) is 0 Å². The summed E-state index contributed by atoms with van der Waals surface area (Å²) in [6.45, 7) is 1.42. The number of likely N-dealkylation sites (N-methyl/N-ethyl adjacent to an activating group) is 1. The molecule has 2 aromatic carbocycles. The third-order valence-corrected chi connectivity index (χ3v) is 5.07. The van der Waals surface area contributed by atoms with Crippen LogP contribution in [0, 0.1) is 0 Å². The zero-order chi connectivity index (χ0) is 20.5. The first-order chi connectivity index (χ1) is 13.9. The molecule has 0 spiro atoms. The molecule has 0 amide bonds. The maximum Gasteiger partial charge on any atom is 0.163 e. The summed E-state index contributed by atoms with van der Waals surface area (Å²) in [5.74, 6) is 1.74. The van der Waals surface area contributed by atoms with Gasteiger partial charge in [-0.3, -0.25) is 9.56 Å². The molecule has 7 heteroatoms. The van der Waals surface area contributed by atoms with Crippen LogP contribution < -0.4 is 0 Å². The minimum atomic E-state index is -0.144. The van der Waals surface area contributed by atoms with Crippen LogP contribution in [0.2, 0.25) is 5.02 Å². The van der Waals surface area contributed by atoms with Crippen molar-refractivity contribution >= 4 is 17.3 Å². The molecule has 0 aliphatic carbocycles. The molecule has 1 aliphatic heterocycles. The molecule has 4 rings (SSSR count). The van der Waals surface area contributed by atoms with Gasteiger partial charge in [-0.15, -0.1) is 10.2 Å². The smallest absolute Gasteiger partial charge is 0.163 e. The highest BCUT2D eigenvalue weighted by molar-refractivity contribution is 6.31. The molecule has 1 aromatic heterocycles. The second-order valence-corrected chi connectivity index (χ2v) is 8.27. The molecule has 6 nitrogen and oxygen atoms in total. The van der Waals surface area contributed by atoms with Crippen LogP contribution >= 0.6 is 11.6 Å². The summed E-state index contributed by atoms with van der Waals surface area (Å²) >= 11 is 6.42. The van der Waals surface area contributed by atoms with Gasteiger partial charge in [0.25, 0.3) is 0 Å². The largest absolute Gasteiger partial charge is 0.307 e. The number of halogens is 1. The number of hydrogen-bond acceptors (Lipinski definition) is 5. The molecule has 0 fully saturated rings. The Hall–Kier alpha value is -2.54. The summed E-state index contributed by atoms with van der Waals surface area (Å²) in [6, 6.07) is 16.1. The molecule has 0 radical (unpaired) electrons. The van der Waals surface area contributed by atoms with Crippen molar-refractivity contribution < 1.29 is 0 Å². The maximum absolute atomic E-state index is 6.42. The van der Waals surface area contributed by atoms with Crippen molar-refractivity contribution in [2.75, 3.05) is 34.7 Å². The lowest BCUT2D eigenvalue weighted by molar-refractivity contribution is 0.367. The highest BCUT2D eigenvalue weighted by Gasteiger charge is 2.29. The molecule has 0 saturated heterocycles. The molecule has 150 valence electrons. The van der Waals surface area contributed by atoms with Gasteiger partial charge in [-0.1, -0.05) is 41.9 Å².